The van der Waals surface area contributed by atoms with E-state index in [1.807, 2.05) is 19.1 Å². The minimum Gasteiger partial charge on any atom is -0.387 e. The third-order valence-electron chi connectivity index (χ3n) is 3.16. The summed E-state index contributed by atoms with van der Waals surface area (Å²) in [7, 11) is 0. The number of hydrogen-bond acceptors (Lipinski definition) is 3. The van der Waals surface area contributed by atoms with E-state index in [0.29, 0.717) is 0 Å². The van der Waals surface area contributed by atoms with E-state index >= 15 is 0 Å². The van der Waals surface area contributed by atoms with Crippen LogP contribution in [0.3, 0.4) is 0 Å². The molecule has 0 aliphatic heterocycles. The second-order valence-corrected chi connectivity index (χ2v) is 4.56. The largest absolute Gasteiger partial charge is 0.387 e. The maximum Gasteiger partial charge on any atom is 0.131 e. The van der Waals surface area contributed by atoms with Crippen molar-refractivity contribution in [3.8, 4) is 0 Å². The number of nitrogens with zero attached hydrogens (tertiary/aromatic N) is 1. The van der Waals surface area contributed by atoms with E-state index in [9.17, 15) is 13.9 Å². The molecule has 1 heterocycles. The molecule has 0 amide bonds. The SMILES string of the molecule is CC(NCC(O)c1c(F)cccc1F)c1ccncc1. The van der Waals surface area contributed by atoms with Crippen LogP contribution < -0.4 is 5.32 Å². The number of benzene rings is 1. The van der Waals surface area contributed by atoms with E-state index in [-0.39, 0.29) is 18.2 Å². The lowest BCUT2D eigenvalue weighted by molar-refractivity contribution is 0.161. The van der Waals surface area contributed by atoms with Crippen molar-refractivity contribution in [2.24, 2.45) is 0 Å². The monoisotopic (exact) mass is 278 g/mol. The molecule has 106 valence electrons. The molecule has 0 saturated heterocycles. The predicted molar refractivity (Wildman–Crippen MR) is 72.0 cm³/mol. The van der Waals surface area contributed by atoms with E-state index in [4.69, 9.17) is 0 Å². The molecule has 0 bridgehead atoms. The number of pyridine rings is 1. The van der Waals surface area contributed by atoms with Crippen LogP contribution in [0.25, 0.3) is 0 Å². The van der Waals surface area contributed by atoms with Gasteiger partial charge in [-0.25, -0.2) is 8.78 Å². The summed E-state index contributed by atoms with van der Waals surface area (Å²) in [5.41, 5.74) is 0.683. The van der Waals surface area contributed by atoms with E-state index in [1.165, 1.54) is 6.07 Å². The van der Waals surface area contributed by atoms with Gasteiger partial charge in [0.25, 0.3) is 0 Å². The van der Waals surface area contributed by atoms with E-state index in [0.717, 1.165) is 17.7 Å². The van der Waals surface area contributed by atoms with E-state index in [2.05, 4.69) is 10.3 Å². The molecule has 0 aliphatic carbocycles. The molecule has 0 aliphatic rings. The maximum absolute atomic E-state index is 13.5. The third-order valence-corrected chi connectivity index (χ3v) is 3.16. The summed E-state index contributed by atoms with van der Waals surface area (Å²) in [4.78, 5) is 3.92. The fraction of sp³-hybridized carbons (Fsp3) is 0.267. The molecule has 1 aromatic heterocycles. The molecule has 2 aromatic rings. The molecule has 0 spiro atoms. The van der Waals surface area contributed by atoms with Crippen LogP contribution in [0.2, 0.25) is 0 Å². The quantitative estimate of drug-likeness (QED) is 0.884. The molecule has 20 heavy (non-hydrogen) atoms. The van der Waals surface area contributed by atoms with Gasteiger partial charge in [-0.1, -0.05) is 6.07 Å². The van der Waals surface area contributed by atoms with Crippen LogP contribution in [0.4, 0.5) is 8.78 Å². The average molecular weight is 278 g/mol. The first-order valence-electron chi connectivity index (χ1n) is 6.35. The Labute approximate surface area is 116 Å². The molecule has 2 atom stereocenters. The first-order chi connectivity index (χ1) is 9.59. The van der Waals surface area contributed by atoms with Gasteiger partial charge in [-0.3, -0.25) is 4.98 Å². The van der Waals surface area contributed by atoms with Gasteiger partial charge in [0.1, 0.15) is 11.6 Å². The standard InChI is InChI=1S/C15H16F2N2O/c1-10(11-5-7-18-8-6-11)19-9-14(20)15-12(16)3-2-4-13(15)17/h2-8,10,14,19-20H,9H2,1H3. The second-order valence-electron chi connectivity index (χ2n) is 4.56. The lowest BCUT2D eigenvalue weighted by Gasteiger charge is -2.18. The number of nitrogens with one attached hydrogen (secondary N) is 1. The van der Waals surface area contributed by atoms with Gasteiger partial charge in [-0.15, -0.1) is 0 Å². The molecule has 2 N–H and O–H groups in total. The van der Waals surface area contributed by atoms with Crippen LogP contribution in [0.15, 0.2) is 42.7 Å². The van der Waals surface area contributed by atoms with Gasteiger partial charge < -0.3 is 10.4 Å². The fourth-order valence-corrected chi connectivity index (χ4v) is 1.99. The highest BCUT2D eigenvalue weighted by Gasteiger charge is 2.18. The molecule has 0 saturated carbocycles. The molecule has 2 unspecified atom stereocenters. The topological polar surface area (TPSA) is 45.1 Å². The summed E-state index contributed by atoms with van der Waals surface area (Å²) < 4.78 is 27.0. The van der Waals surface area contributed by atoms with Crippen LogP contribution in [-0.2, 0) is 0 Å². The molecule has 0 fully saturated rings. The number of aliphatic hydroxyl groups excluding tert-OH is 1. The van der Waals surface area contributed by atoms with Crippen LogP contribution in [0.5, 0.6) is 0 Å². The summed E-state index contributed by atoms with van der Waals surface area (Å²) in [5.74, 6) is -1.48. The smallest absolute Gasteiger partial charge is 0.131 e. The number of hydrogen-bond donors (Lipinski definition) is 2. The number of aliphatic hydroxyl groups is 1. The first-order valence-corrected chi connectivity index (χ1v) is 6.35. The zero-order valence-corrected chi connectivity index (χ0v) is 11.1. The average Bonchev–Trinajstić information content (AvgIpc) is 2.45. The third kappa shape index (κ3) is 3.37. The van der Waals surface area contributed by atoms with Gasteiger partial charge in [-0.2, -0.15) is 0 Å². The van der Waals surface area contributed by atoms with E-state index in [1.54, 1.807) is 12.4 Å². The minimum atomic E-state index is -1.24. The van der Waals surface area contributed by atoms with Gasteiger partial charge in [0.2, 0.25) is 0 Å². The Morgan fingerprint density at radius 3 is 2.35 bits per heavy atom. The molecular weight excluding hydrogens is 262 g/mol. The number of aromatic nitrogens is 1. The lowest BCUT2D eigenvalue weighted by Crippen LogP contribution is -2.25. The number of rotatable bonds is 5. The molecule has 3 nitrogen and oxygen atoms in total. The predicted octanol–water partition coefficient (Wildman–Crippen LogP) is 2.74. The molecule has 5 heteroatoms. The van der Waals surface area contributed by atoms with Gasteiger partial charge in [-0.05, 0) is 36.8 Å². The Bertz CT molecular complexity index is 543. The van der Waals surface area contributed by atoms with E-state index < -0.39 is 17.7 Å². The Hall–Kier alpha value is -1.85. The zero-order chi connectivity index (χ0) is 14.5. The Balaban J connectivity index is 2.00. The molecule has 0 radical (unpaired) electrons. The van der Waals surface area contributed by atoms with Crippen molar-refractivity contribution in [1.29, 1.82) is 0 Å². The summed E-state index contributed by atoms with van der Waals surface area (Å²) in [6.07, 6.45) is 2.10. The van der Waals surface area contributed by atoms with Crippen LogP contribution >= 0.6 is 0 Å². The minimum absolute atomic E-state index is 0.0533. The Kier molecular flexibility index (Phi) is 4.76. The van der Waals surface area contributed by atoms with Gasteiger partial charge in [0.15, 0.2) is 0 Å². The van der Waals surface area contributed by atoms with Crippen LogP contribution in [-0.4, -0.2) is 16.6 Å². The summed E-state index contributed by atoms with van der Waals surface area (Å²) in [6.45, 7) is 1.96. The zero-order valence-electron chi connectivity index (χ0n) is 11.1. The summed E-state index contributed by atoms with van der Waals surface area (Å²) >= 11 is 0. The van der Waals surface area contributed by atoms with Crippen molar-refractivity contribution in [1.82, 2.24) is 10.3 Å². The van der Waals surface area contributed by atoms with Crippen molar-refractivity contribution in [3.05, 3.63) is 65.5 Å². The van der Waals surface area contributed by atoms with Crippen molar-refractivity contribution in [2.75, 3.05) is 6.54 Å². The highest BCUT2D eigenvalue weighted by molar-refractivity contribution is 5.22. The normalized spacial score (nSPS) is 14.0. The fourth-order valence-electron chi connectivity index (χ4n) is 1.99. The molecular formula is C15H16F2N2O. The summed E-state index contributed by atoms with van der Waals surface area (Å²) in [5, 5.41) is 13.0. The van der Waals surface area contributed by atoms with Crippen LogP contribution in [0, 0.1) is 11.6 Å². The lowest BCUT2D eigenvalue weighted by atomic mass is 10.1. The van der Waals surface area contributed by atoms with Crippen molar-refractivity contribution in [3.63, 3.8) is 0 Å². The Morgan fingerprint density at radius 2 is 1.75 bits per heavy atom. The van der Waals surface area contributed by atoms with Crippen molar-refractivity contribution >= 4 is 0 Å². The summed E-state index contributed by atoms with van der Waals surface area (Å²) in [6, 6.07) is 7.17. The maximum atomic E-state index is 13.5. The second kappa shape index (κ2) is 6.54. The van der Waals surface area contributed by atoms with Crippen molar-refractivity contribution in [2.45, 2.75) is 19.1 Å². The number of halogens is 2. The van der Waals surface area contributed by atoms with Gasteiger partial charge >= 0.3 is 0 Å². The highest BCUT2D eigenvalue weighted by Crippen LogP contribution is 2.21. The molecule has 2 rings (SSSR count). The molecule has 1 aromatic carbocycles. The first kappa shape index (κ1) is 14.6. The van der Waals surface area contributed by atoms with Crippen LogP contribution in [0.1, 0.15) is 30.2 Å². The van der Waals surface area contributed by atoms with Gasteiger partial charge in [0.05, 0.1) is 11.7 Å². The Morgan fingerprint density at radius 1 is 1.15 bits per heavy atom. The van der Waals surface area contributed by atoms with Crippen molar-refractivity contribution < 1.29 is 13.9 Å². The highest BCUT2D eigenvalue weighted by atomic mass is 19.1. The van der Waals surface area contributed by atoms with Gasteiger partial charge in [0, 0.05) is 25.0 Å².